The highest BCUT2D eigenvalue weighted by molar-refractivity contribution is 5.80. The van der Waals surface area contributed by atoms with Crippen molar-refractivity contribution in [2.45, 2.75) is 19.0 Å². The number of carbonyl (C=O) groups is 2. The summed E-state index contributed by atoms with van der Waals surface area (Å²) in [5.41, 5.74) is 0. The summed E-state index contributed by atoms with van der Waals surface area (Å²) in [6, 6.07) is -1.07. The highest BCUT2D eigenvalue weighted by atomic mass is 19.4. The predicted molar refractivity (Wildman–Crippen MR) is 62.2 cm³/mol. The molecule has 116 valence electrons. The molecule has 0 saturated heterocycles. The fourth-order valence-electron chi connectivity index (χ4n) is 1.46. The maximum absolute atomic E-state index is 12.2. The van der Waals surface area contributed by atoms with E-state index in [1.54, 1.807) is 0 Å². The van der Waals surface area contributed by atoms with Crippen LogP contribution in [0, 0.1) is 5.92 Å². The highest BCUT2D eigenvalue weighted by Crippen LogP contribution is 2.28. The van der Waals surface area contributed by atoms with Crippen LogP contribution in [0.3, 0.4) is 0 Å². The number of ether oxygens (including phenoxy) is 1. The lowest BCUT2D eigenvalue weighted by Gasteiger charge is -2.22. The number of nitrogens with one attached hydrogen (secondary N) is 1. The van der Waals surface area contributed by atoms with Gasteiger partial charge in [0, 0.05) is 13.2 Å². The van der Waals surface area contributed by atoms with E-state index in [0.717, 1.165) is 12.8 Å². The second kappa shape index (κ2) is 7.32. The van der Waals surface area contributed by atoms with Crippen LogP contribution in [-0.4, -0.2) is 61.0 Å². The first kappa shape index (κ1) is 16.5. The third-order valence-corrected chi connectivity index (χ3v) is 2.56. The molecule has 0 heterocycles. The summed E-state index contributed by atoms with van der Waals surface area (Å²) in [5, 5.41) is 10.7. The highest BCUT2D eigenvalue weighted by Gasteiger charge is 2.33. The van der Waals surface area contributed by atoms with E-state index in [0.29, 0.717) is 12.5 Å². The van der Waals surface area contributed by atoms with Crippen LogP contribution in [-0.2, 0) is 9.53 Å². The molecule has 2 amide bonds. The Balaban J connectivity index is 2.27. The smallest absolute Gasteiger partial charge is 0.406 e. The minimum Gasteiger partial charge on any atom is -0.480 e. The summed E-state index contributed by atoms with van der Waals surface area (Å²) in [7, 11) is 0. The normalized spacial score (nSPS) is 14.9. The van der Waals surface area contributed by atoms with Crippen LogP contribution >= 0.6 is 0 Å². The Morgan fingerprint density at radius 3 is 2.50 bits per heavy atom. The molecule has 20 heavy (non-hydrogen) atoms. The molecular formula is C11H17F3N2O4. The van der Waals surface area contributed by atoms with Gasteiger partial charge in [0.05, 0.1) is 6.61 Å². The quantitative estimate of drug-likeness (QED) is 0.657. The number of urea groups is 1. The number of halogens is 3. The predicted octanol–water partition coefficient (Wildman–Crippen LogP) is 1.07. The maximum Gasteiger partial charge on any atom is 0.406 e. The van der Waals surface area contributed by atoms with Crippen molar-refractivity contribution in [1.29, 1.82) is 0 Å². The molecule has 0 aromatic carbocycles. The SMILES string of the molecule is O=C(O)CN(CC(F)(F)F)C(=O)NCCOCC1CC1. The molecule has 0 atom stereocenters. The van der Waals surface area contributed by atoms with Gasteiger partial charge in [-0.15, -0.1) is 0 Å². The van der Waals surface area contributed by atoms with Crippen molar-refractivity contribution in [3.8, 4) is 0 Å². The minimum absolute atomic E-state index is 0.0412. The van der Waals surface area contributed by atoms with E-state index in [2.05, 4.69) is 5.32 Å². The molecule has 0 radical (unpaired) electrons. The number of alkyl halides is 3. The molecule has 0 aromatic rings. The number of nitrogens with zero attached hydrogens (tertiary/aromatic N) is 1. The van der Waals surface area contributed by atoms with Crippen LogP contribution in [0.5, 0.6) is 0 Å². The molecule has 1 fully saturated rings. The molecule has 1 aliphatic rings. The van der Waals surface area contributed by atoms with Gasteiger partial charge in [0.25, 0.3) is 0 Å². The summed E-state index contributed by atoms with van der Waals surface area (Å²) in [4.78, 5) is 22.1. The molecule has 1 saturated carbocycles. The first-order valence-corrected chi connectivity index (χ1v) is 6.17. The van der Waals surface area contributed by atoms with Crippen molar-refractivity contribution in [3.05, 3.63) is 0 Å². The van der Waals surface area contributed by atoms with Crippen molar-refractivity contribution < 1.29 is 32.6 Å². The summed E-state index contributed by atoms with van der Waals surface area (Å²) >= 11 is 0. The third kappa shape index (κ3) is 7.82. The van der Waals surface area contributed by atoms with Crippen LogP contribution in [0.15, 0.2) is 0 Å². The molecule has 6 nitrogen and oxygen atoms in total. The van der Waals surface area contributed by atoms with E-state index < -0.39 is 31.3 Å². The first-order chi connectivity index (χ1) is 9.28. The Morgan fingerprint density at radius 2 is 2.00 bits per heavy atom. The van der Waals surface area contributed by atoms with Crippen molar-refractivity contribution in [1.82, 2.24) is 10.2 Å². The standard InChI is InChI=1S/C11H17F3N2O4/c12-11(13,14)7-16(5-9(17)18)10(19)15-3-4-20-6-8-1-2-8/h8H,1-7H2,(H,15,19)(H,17,18). The molecule has 1 rings (SSSR count). The Kier molecular flexibility index (Phi) is 6.05. The van der Waals surface area contributed by atoms with Crippen molar-refractivity contribution >= 4 is 12.0 Å². The number of hydrogen-bond acceptors (Lipinski definition) is 3. The van der Waals surface area contributed by atoms with Gasteiger partial charge in [-0.25, -0.2) is 4.79 Å². The summed E-state index contributed by atoms with van der Waals surface area (Å²) in [6.07, 6.45) is -2.41. The van der Waals surface area contributed by atoms with Gasteiger partial charge < -0.3 is 20.1 Å². The topological polar surface area (TPSA) is 78.9 Å². The summed E-state index contributed by atoms with van der Waals surface area (Å²) in [6.45, 7) is -1.80. The van der Waals surface area contributed by atoms with E-state index in [9.17, 15) is 22.8 Å². The number of carbonyl (C=O) groups excluding carboxylic acids is 1. The number of aliphatic carboxylic acids is 1. The molecule has 2 N–H and O–H groups in total. The minimum atomic E-state index is -4.64. The Morgan fingerprint density at radius 1 is 1.35 bits per heavy atom. The molecular weight excluding hydrogens is 281 g/mol. The zero-order chi connectivity index (χ0) is 15.2. The number of carboxylic acid groups (broad SMARTS) is 1. The van der Waals surface area contributed by atoms with E-state index in [1.807, 2.05) is 0 Å². The molecule has 0 aliphatic heterocycles. The molecule has 0 spiro atoms. The number of rotatable bonds is 8. The lowest BCUT2D eigenvalue weighted by atomic mass is 10.4. The second-order valence-electron chi connectivity index (χ2n) is 4.62. The van der Waals surface area contributed by atoms with E-state index in [-0.39, 0.29) is 18.1 Å². The number of carboxylic acids is 1. The Hall–Kier alpha value is -1.51. The lowest BCUT2D eigenvalue weighted by molar-refractivity contribution is -0.148. The average molecular weight is 298 g/mol. The lowest BCUT2D eigenvalue weighted by Crippen LogP contribution is -2.47. The van der Waals surface area contributed by atoms with Gasteiger partial charge >= 0.3 is 18.2 Å². The second-order valence-corrected chi connectivity index (χ2v) is 4.62. The first-order valence-electron chi connectivity index (χ1n) is 6.17. The van der Waals surface area contributed by atoms with Gasteiger partial charge in [-0.3, -0.25) is 4.79 Å². The van der Waals surface area contributed by atoms with E-state index in [4.69, 9.17) is 9.84 Å². The monoisotopic (exact) mass is 298 g/mol. The van der Waals surface area contributed by atoms with Crippen LogP contribution in [0.4, 0.5) is 18.0 Å². The fourth-order valence-corrected chi connectivity index (χ4v) is 1.46. The fraction of sp³-hybridized carbons (Fsp3) is 0.818. The van der Waals surface area contributed by atoms with E-state index in [1.165, 1.54) is 0 Å². The molecule has 1 aliphatic carbocycles. The molecule has 9 heteroatoms. The van der Waals surface area contributed by atoms with Crippen LogP contribution in [0.25, 0.3) is 0 Å². The van der Waals surface area contributed by atoms with Gasteiger partial charge in [-0.1, -0.05) is 0 Å². The van der Waals surface area contributed by atoms with Gasteiger partial charge in [-0.05, 0) is 18.8 Å². The van der Waals surface area contributed by atoms with Crippen molar-refractivity contribution in [3.63, 3.8) is 0 Å². The largest absolute Gasteiger partial charge is 0.480 e. The molecule has 0 unspecified atom stereocenters. The maximum atomic E-state index is 12.2. The average Bonchev–Trinajstić information content (AvgIpc) is 3.08. The van der Waals surface area contributed by atoms with Gasteiger partial charge in [0.2, 0.25) is 0 Å². The van der Waals surface area contributed by atoms with E-state index >= 15 is 0 Å². The van der Waals surface area contributed by atoms with Gasteiger partial charge in [0.15, 0.2) is 0 Å². The third-order valence-electron chi connectivity index (χ3n) is 2.56. The number of hydrogen-bond donors (Lipinski definition) is 2. The van der Waals surface area contributed by atoms with Crippen molar-refractivity contribution in [2.24, 2.45) is 5.92 Å². The molecule has 0 aromatic heterocycles. The van der Waals surface area contributed by atoms with Gasteiger partial charge in [-0.2, -0.15) is 13.2 Å². The Labute approximate surface area is 113 Å². The zero-order valence-electron chi connectivity index (χ0n) is 10.8. The summed E-state index contributed by atoms with van der Waals surface area (Å²) in [5.74, 6) is -0.950. The van der Waals surface area contributed by atoms with Crippen LogP contribution in [0.1, 0.15) is 12.8 Å². The summed E-state index contributed by atoms with van der Waals surface area (Å²) < 4.78 is 41.8. The van der Waals surface area contributed by atoms with Crippen molar-refractivity contribution in [2.75, 3.05) is 32.8 Å². The van der Waals surface area contributed by atoms with Crippen LogP contribution in [0.2, 0.25) is 0 Å². The zero-order valence-corrected chi connectivity index (χ0v) is 10.8. The molecule has 0 bridgehead atoms. The number of amides is 2. The Bertz CT molecular complexity index is 345. The van der Waals surface area contributed by atoms with Crippen LogP contribution < -0.4 is 5.32 Å². The van der Waals surface area contributed by atoms with Gasteiger partial charge in [0.1, 0.15) is 13.1 Å².